The quantitative estimate of drug-likeness (QED) is 0.663. The number of urea groups is 1. The van der Waals surface area contributed by atoms with Crippen LogP contribution in [-0.4, -0.2) is 34.3 Å². The van der Waals surface area contributed by atoms with Gasteiger partial charge in [-0.05, 0) is 36.6 Å². The number of rotatable bonds is 5. The van der Waals surface area contributed by atoms with Crippen molar-refractivity contribution in [3.05, 3.63) is 56.7 Å². The summed E-state index contributed by atoms with van der Waals surface area (Å²) in [5.74, 6) is -1.04. The van der Waals surface area contributed by atoms with Gasteiger partial charge < -0.3 is 10.6 Å². The van der Waals surface area contributed by atoms with E-state index in [0.717, 1.165) is 4.90 Å². The molecular formula is C19H17Cl3N4O3. The maximum atomic E-state index is 13.1. The molecule has 1 aromatic heterocycles. The normalized spacial score (nSPS) is 18.7. The molecule has 2 aromatic rings. The van der Waals surface area contributed by atoms with Crippen LogP contribution in [0.3, 0.4) is 0 Å². The third-order valence-electron chi connectivity index (χ3n) is 4.80. The number of nitrogens with one attached hydrogen (secondary N) is 2. The molecule has 1 unspecified atom stereocenters. The Bertz CT molecular complexity index is 997. The number of nitrogens with zero attached hydrogens (tertiary/aromatic N) is 2. The van der Waals surface area contributed by atoms with Crippen LogP contribution in [0.25, 0.3) is 0 Å². The number of halogens is 3. The highest BCUT2D eigenvalue weighted by molar-refractivity contribution is 6.37. The van der Waals surface area contributed by atoms with Crippen molar-refractivity contribution in [2.75, 3.05) is 11.9 Å². The monoisotopic (exact) mass is 454 g/mol. The molecule has 2 heterocycles. The number of hydrogen-bond donors (Lipinski definition) is 2. The fourth-order valence-corrected chi connectivity index (χ4v) is 3.62. The van der Waals surface area contributed by atoms with E-state index in [4.69, 9.17) is 34.8 Å². The van der Waals surface area contributed by atoms with Crippen LogP contribution in [0.1, 0.15) is 24.5 Å². The zero-order chi connectivity index (χ0) is 21.3. The molecule has 152 valence electrons. The second kappa shape index (κ2) is 8.18. The molecule has 1 aliphatic heterocycles. The molecule has 1 saturated heterocycles. The molecule has 10 heteroatoms. The van der Waals surface area contributed by atoms with E-state index in [0.29, 0.717) is 27.6 Å². The molecule has 3 rings (SSSR count). The summed E-state index contributed by atoms with van der Waals surface area (Å²) in [4.78, 5) is 42.9. The molecule has 4 amide bonds. The summed E-state index contributed by atoms with van der Waals surface area (Å²) in [6, 6.07) is 5.97. The SMILES string of the molecule is CCC1(c2ccc(Cl)cc2)NC(=O)N(CC(=O)Nc2ncc(Cl)c(C)c2Cl)C1=O. The maximum absolute atomic E-state index is 13.1. The number of carbonyl (C=O) groups excluding carboxylic acids is 3. The van der Waals surface area contributed by atoms with Gasteiger partial charge in [-0.25, -0.2) is 9.78 Å². The first kappa shape index (κ1) is 21.4. The molecule has 2 N–H and O–H groups in total. The molecule has 1 aliphatic rings. The van der Waals surface area contributed by atoms with Gasteiger partial charge in [0.05, 0.1) is 10.0 Å². The van der Waals surface area contributed by atoms with E-state index in [1.807, 2.05) is 0 Å². The Kier molecular flexibility index (Phi) is 6.03. The summed E-state index contributed by atoms with van der Waals surface area (Å²) in [5.41, 5.74) is -0.112. The lowest BCUT2D eigenvalue weighted by Gasteiger charge is -2.25. The van der Waals surface area contributed by atoms with Crippen molar-refractivity contribution in [2.45, 2.75) is 25.8 Å². The largest absolute Gasteiger partial charge is 0.325 e. The molecule has 0 saturated carbocycles. The Hall–Kier alpha value is -2.35. The van der Waals surface area contributed by atoms with Gasteiger partial charge in [-0.2, -0.15) is 0 Å². The highest BCUT2D eigenvalue weighted by Crippen LogP contribution is 2.33. The van der Waals surface area contributed by atoms with E-state index in [9.17, 15) is 14.4 Å². The molecule has 0 radical (unpaired) electrons. The summed E-state index contributed by atoms with van der Waals surface area (Å²) < 4.78 is 0. The Labute approximate surface area is 182 Å². The van der Waals surface area contributed by atoms with E-state index >= 15 is 0 Å². The van der Waals surface area contributed by atoms with Gasteiger partial charge in [0.1, 0.15) is 12.1 Å². The first-order chi connectivity index (χ1) is 13.7. The van der Waals surface area contributed by atoms with Crippen LogP contribution in [0, 0.1) is 6.92 Å². The molecule has 1 fully saturated rings. The van der Waals surface area contributed by atoms with Gasteiger partial charge in [0.2, 0.25) is 5.91 Å². The molecule has 0 spiro atoms. The predicted molar refractivity (Wildman–Crippen MR) is 111 cm³/mol. The number of imide groups is 1. The van der Waals surface area contributed by atoms with Gasteiger partial charge in [-0.1, -0.05) is 53.9 Å². The van der Waals surface area contributed by atoms with Gasteiger partial charge in [-0.15, -0.1) is 0 Å². The number of anilines is 1. The van der Waals surface area contributed by atoms with Crippen LogP contribution >= 0.6 is 34.8 Å². The zero-order valence-corrected chi connectivity index (χ0v) is 17.8. The van der Waals surface area contributed by atoms with Crippen molar-refractivity contribution in [1.29, 1.82) is 0 Å². The molecule has 29 heavy (non-hydrogen) atoms. The van der Waals surface area contributed by atoms with E-state index in [-0.39, 0.29) is 10.8 Å². The minimum absolute atomic E-state index is 0.102. The number of amides is 4. The number of pyridine rings is 1. The van der Waals surface area contributed by atoms with Crippen LogP contribution in [0.4, 0.5) is 10.6 Å². The van der Waals surface area contributed by atoms with Gasteiger partial charge >= 0.3 is 6.03 Å². The molecule has 1 atom stereocenters. The molecule has 0 aliphatic carbocycles. The third-order valence-corrected chi connectivity index (χ3v) is 5.90. The lowest BCUT2D eigenvalue weighted by molar-refractivity contribution is -0.134. The number of aromatic nitrogens is 1. The van der Waals surface area contributed by atoms with Crippen molar-refractivity contribution in [2.24, 2.45) is 0 Å². The minimum atomic E-state index is -1.26. The fourth-order valence-electron chi connectivity index (χ4n) is 3.10. The lowest BCUT2D eigenvalue weighted by Crippen LogP contribution is -2.44. The predicted octanol–water partition coefficient (Wildman–Crippen LogP) is 4.15. The van der Waals surface area contributed by atoms with E-state index < -0.39 is 29.9 Å². The Morgan fingerprint density at radius 2 is 1.86 bits per heavy atom. The van der Waals surface area contributed by atoms with Gasteiger partial charge in [0, 0.05) is 11.2 Å². The van der Waals surface area contributed by atoms with Crippen LogP contribution in [0.15, 0.2) is 30.5 Å². The second-order valence-electron chi connectivity index (χ2n) is 6.53. The number of carbonyl (C=O) groups is 3. The van der Waals surface area contributed by atoms with Crippen molar-refractivity contribution >= 4 is 58.5 Å². The Balaban J connectivity index is 1.80. The zero-order valence-electron chi connectivity index (χ0n) is 15.6. The number of hydrogen-bond acceptors (Lipinski definition) is 4. The van der Waals surface area contributed by atoms with Crippen molar-refractivity contribution in [1.82, 2.24) is 15.2 Å². The molecule has 0 bridgehead atoms. The van der Waals surface area contributed by atoms with Crippen molar-refractivity contribution in [3.8, 4) is 0 Å². The van der Waals surface area contributed by atoms with E-state index in [2.05, 4.69) is 15.6 Å². The summed E-state index contributed by atoms with van der Waals surface area (Å²) in [5, 5.41) is 6.27. The minimum Gasteiger partial charge on any atom is -0.319 e. The first-order valence-corrected chi connectivity index (χ1v) is 9.83. The smallest absolute Gasteiger partial charge is 0.319 e. The summed E-state index contributed by atoms with van der Waals surface area (Å²) in [6.45, 7) is 2.97. The van der Waals surface area contributed by atoms with Gasteiger partial charge in [-0.3, -0.25) is 14.5 Å². The van der Waals surface area contributed by atoms with Crippen LogP contribution in [-0.2, 0) is 15.1 Å². The van der Waals surface area contributed by atoms with E-state index in [1.165, 1.54) is 6.20 Å². The molecular weight excluding hydrogens is 439 g/mol. The van der Waals surface area contributed by atoms with Crippen LogP contribution < -0.4 is 10.6 Å². The Morgan fingerprint density at radius 1 is 1.21 bits per heavy atom. The molecule has 7 nitrogen and oxygen atoms in total. The summed E-state index contributed by atoms with van der Waals surface area (Å²) in [7, 11) is 0. The first-order valence-electron chi connectivity index (χ1n) is 8.70. The second-order valence-corrected chi connectivity index (χ2v) is 7.75. The fraction of sp³-hybridized carbons (Fsp3) is 0.263. The maximum Gasteiger partial charge on any atom is 0.325 e. The summed E-state index contributed by atoms with van der Waals surface area (Å²) in [6.07, 6.45) is 1.66. The average Bonchev–Trinajstić information content (AvgIpc) is 2.94. The standard InChI is InChI=1S/C19H17Cl3N4O3/c1-3-19(11-4-6-12(20)7-5-11)17(28)26(18(29)25-19)9-14(27)24-16-15(22)10(2)13(21)8-23-16/h4-8H,3,9H2,1-2H3,(H,25,29)(H,23,24,27). The third kappa shape index (κ3) is 3.90. The van der Waals surface area contributed by atoms with Crippen LogP contribution in [0.5, 0.6) is 0 Å². The van der Waals surface area contributed by atoms with Gasteiger partial charge in [0.25, 0.3) is 5.91 Å². The Morgan fingerprint density at radius 3 is 2.48 bits per heavy atom. The highest BCUT2D eigenvalue weighted by atomic mass is 35.5. The highest BCUT2D eigenvalue weighted by Gasteiger charge is 2.51. The lowest BCUT2D eigenvalue weighted by atomic mass is 9.87. The molecule has 1 aromatic carbocycles. The van der Waals surface area contributed by atoms with Gasteiger partial charge in [0.15, 0.2) is 5.82 Å². The number of benzene rings is 1. The summed E-state index contributed by atoms with van der Waals surface area (Å²) >= 11 is 18.0. The topological polar surface area (TPSA) is 91.4 Å². The average molecular weight is 456 g/mol. The van der Waals surface area contributed by atoms with E-state index in [1.54, 1.807) is 38.1 Å². The van der Waals surface area contributed by atoms with Crippen molar-refractivity contribution < 1.29 is 14.4 Å². The van der Waals surface area contributed by atoms with Crippen LogP contribution in [0.2, 0.25) is 15.1 Å². The van der Waals surface area contributed by atoms with Crippen molar-refractivity contribution in [3.63, 3.8) is 0 Å².